The van der Waals surface area contributed by atoms with E-state index in [0.29, 0.717) is 23.1 Å². The first kappa shape index (κ1) is 21.1. The van der Waals surface area contributed by atoms with Crippen LogP contribution in [0.5, 0.6) is 0 Å². The smallest absolute Gasteiger partial charge is 0.325 e. The van der Waals surface area contributed by atoms with Gasteiger partial charge in [-0.1, -0.05) is 0 Å². The lowest BCUT2D eigenvalue weighted by Crippen LogP contribution is -2.37. The van der Waals surface area contributed by atoms with Crippen LogP contribution in [0.25, 0.3) is 11.0 Å². The third-order valence-electron chi connectivity index (χ3n) is 4.17. The summed E-state index contributed by atoms with van der Waals surface area (Å²) in [4.78, 5) is 40.3. The van der Waals surface area contributed by atoms with Gasteiger partial charge < -0.3 is 10.6 Å². The van der Waals surface area contributed by atoms with Gasteiger partial charge in [0, 0.05) is 26.6 Å². The number of nitrogens with one attached hydrogen (secondary N) is 2. The Hall–Kier alpha value is -1.90. The Balaban J connectivity index is 0.00000156. The minimum absolute atomic E-state index is 0. The van der Waals surface area contributed by atoms with Crippen molar-refractivity contribution < 1.29 is 4.79 Å². The van der Waals surface area contributed by atoms with Crippen molar-refractivity contribution in [2.24, 2.45) is 14.1 Å². The molecular weight excluding hydrogens is 369 g/mol. The second kappa shape index (κ2) is 8.46. The summed E-state index contributed by atoms with van der Waals surface area (Å²) in [6, 6.07) is 1.77. The number of aryl methyl sites for hydroxylation is 1. The topological polar surface area (TPSA) is 98.0 Å². The molecule has 1 saturated heterocycles. The van der Waals surface area contributed by atoms with Crippen molar-refractivity contribution in [3.05, 3.63) is 33.1 Å². The molecule has 0 aromatic carbocycles. The number of hydrogen-bond acceptors (Lipinski definition) is 5. The molecule has 3 heterocycles. The number of pyridine rings is 1. The summed E-state index contributed by atoms with van der Waals surface area (Å²) >= 11 is 0. The van der Waals surface area contributed by atoms with Crippen LogP contribution in [-0.4, -0.2) is 32.6 Å². The summed E-state index contributed by atoms with van der Waals surface area (Å²) < 4.78 is 2.34. The van der Waals surface area contributed by atoms with Crippen LogP contribution in [0.3, 0.4) is 0 Å². The van der Waals surface area contributed by atoms with E-state index in [1.165, 1.54) is 17.8 Å². The van der Waals surface area contributed by atoms with Crippen molar-refractivity contribution in [3.63, 3.8) is 0 Å². The van der Waals surface area contributed by atoms with E-state index in [1.54, 1.807) is 13.1 Å². The number of halogens is 2. The van der Waals surface area contributed by atoms with Gasteiger partial charge in [-0.3, -0.25) is 18.7 Å². The third-order valence-corrected chi connectivity index (χ3v) is 4.17. The van der Waals surface area contributed by atoms with Crippen LogP contribution in [0.15, 0.2) is 21.9 Å². The predicted molar refractivity (Wildman–Crippen MR) is 101 cm³/mol. The van der Waals surface area contributed by atoms with Gasteiger partial charge in [0.15, 0.2) is 0 Å². The molecule has 25 heavy (non-hydrogen) atoms. The SMILES string of the molecule is Cl.Cl.Cn1c(=O)c2cc(NC(=O)CC3CCCN3)cnc2n(C)c1=O. The molecule has 0 bridgehead atoms. The van der Waals surface area contributed by atoms with Crippen LogP contribution >= 0.6 is 24.8 Å². The van der Waals surface area contributed by atoms with E-state index in [2.05, 4.69) is 15.6 Å². The number of aromatic nitrogens is 3. The maximum Gasteiger partial charge on any atom is 0.332 e. The molecule has 1 aliphatic rings. The van der Waals surface area contributed by atoms with Crippen LogP contribution < -0.4 is 21.9 Å². The Kier molecular flexibility index (Phi) is 7.16. The molecule has 0 saturated carbocycles. The van der Waals surface area contributed by atoms with Gasteiger partial charge in [0.05, 0.1) is 17.3 Å². The Morgan fingerprint density at radius 1 is 1.32 bits per heavy atom. The number of amides is 1. The zero-order chi connectivity index (χ0) is 16.6. The molecule has 0 spiro atoms. The first-order valence-corrected chi connectivity index (χ1v) is 7.56. The van der Waals surface area contributed by atoms with E-state index >= 15 is 0 Å². The molecule has 138 valence electrons. The number of rotatable bonds is 3. The molecule has 1 aliphatic heterocycles. The van der Waals surface area contributed by atoms with Gasteiger partial charge >= 0.3 is 5.69 Å². The maximum absolute atomic E-state index is 12.2. The van der Waals surface area contributed by atoms with E-state index in [0.717, 1.165) is 24.0 Å². The fourth-order valence-electron chi connectivity index (χ4n) is 2.90. The van der Waals surface area contributed by atoms with E-state index in [-0.39, 0.29) is 36.8 Å². The average Bonchev–Trinajstić information content (AvgIpc) is 3.03. The van der Waals surface area contributed by atoms with Crippen molar-refractivity contribution >= 4 is 47.4 Å². The molecule has 10 heteroatoms. The van der Waals surface area contributed by atoms with Crippen LogP contribution in [0.1, 0.15) is 19.3 Å². The standard InChI is InChI=1S/C15H19N5O3.2ClH/c1-19-13-11(14(22)20(2)15(19)23)6-10(8-17-13)18-12(21)7-9-4-3-5-16-9;;/h6,8-9,16H,3-5,7H2,1-2H3,(H,18,21);2*1H. The van der Waals surface area contributed by atoms with Crippen LogP contribution in [0.2, 0.25) is 0 Å². The third kappa shape index (κ3) is 4.20. The second-order valence-electron chi connectivity index (χ2n) is 5.85. The number of nitrogens with zero attached hydrogens (tertiary/aromatic N) is 3. The van der Waals surface area contributed by atoms with Gasteiger partial charge in [-0.25, -0.2) is 9.78 Å². The minimum Gasteiger partial charge on any atom is -0.325 e. The molecule has 2 aromatic heterocycles. The van der Waals surface area contributed by atoms with Gasteiger partial charge in [0.1, 0.15) is 5.65 Å². The largest absolute Gasteiger partial charge is 0.332 e. The van der Waals surface area contributed by atoms with Crippen molar-refractivity contribution in [2.45, 2.75) is 25.3 Å². The van der Waals surface area contributed by atoms with E-state index in [9.17, 15) is 14.4 Å². The van der Waals surface area contributed by atoms with Crippen molar-refractivity contribution in [3.8, 4) is 0 Å². The molecular formula is C15H21Cl2N5O3. The summed E-state index contributed by atoms with van der Waals surface area (Å²) in [6.07, 6.45) is 3.93. The number of anilines is 1. The Bertz CT molecular complexity index is 887. The van der Waals surface area contributed by atoms with Crippen molar-refractivity contribution in [2.75, 3.05) is 11.9 Å². The molecule has 1 amide bonds. The highest BCUT2D eigenvalue weighted by molar-refractivity contribution is 5.92. The molecule has 1 atom stereocenters. The zero-order valence-corrected chi connectivity index (χ0v) is 15.6. The first-order chi connectivity index (χ1) is 11.0. The molecule has 1 unspecified atom stereocenters. The number of hydrogen-bond donors (Lipinski definition) is 2. The molecule has 8 nitrogen and oxygen atoms in total. The number of fused-ring (bicyclic) bond motifs is 1. The van der Waals surface area contributed by atoms with Gasteiger partial charge in [-0.15, -0.1) is 24.8 Å². The zero-order valence-electron chi connectivity index (χ0n) is 13.9. The quantitative estimate of drug-likeness (QED) is 0.798. The number of carbonyl (C=O) groups excluding carboxylic acids is 1. The molecule has 2 N–H and O–H groups in total. The molecule has 3 rings (SSSR count). The van der Waals surface area contributed by atoms with Crippen molar-refractivity contribution in [1.82, 2.24) is 19.4 Å². The lowest BCUT2D eigenvalue weighted by molar-refractivity contribution is -0.116. The van der Waals surface area contributed by atoms with E-state index < -0.39 is 11.2 Å². The van der Waals surface area contributed by atoms with E-state index in [1.807, 2.05) is 0 Å². The lowest BCUT2D eigenvalue weighted by Gasteiger charge is -2.11. The summed E-state index contributed by atoms with van der Waals surface area (Å²) in [5.74, 6) is -0.118. The second-order valence-corrected chi connectivity index (χ2v) is 5.85. The number of carbonyl (C=O) groups is 1. The molecule has 1 fully saturated rings. The Labute approximate surface area is 156 Å². The Morgan fingerprint density at radius 3 is 2.68 bits per heavy atom. The summed E-state index contributed by atoms with van der Waals surface area (Å²) in [6.45, 7) is 0.944. The fraction of sp³-hybridized carbons (Fsp3) is 0.467. The van der Waals surface area contributed by atoms with Crippen LogP contribution in [-0.2, 0) is 18.9 Å². The molecule has 0 aliphatic carbocycles. The van der Waals surface area contributed by atoms with Gasteiger partial charge in [0.25, 0.3) is 5.56 Å². The van der Waals surface area contributed by atoms with Crippen LogP contribution in [0.4, 0.5) is 5.69 Å². The molecule has 0 radical (unpaired) electrons. The van der Waals surface area contributed by atoms with Gasteiger partial charge in [-0.05, 0) is 25.5 Å². The van der Waals surface area contributed by atoms with Crippen LogP contribution in [0, 0.1) is 0 Å². The summed E-state index contributed by atoms with van der Waals surface area (Å²) in [5.41, 5.74) is -0.104. The highest BCUT2D eigenvalue weighted by Crippen LogP contribution is 2.14. The maximum atomic E-state index is 12.2. The summed E-state index contributed by atoms with van der Waals surface area (Å²) in [7, 11) is 2.97. The summed E-state index contributed by atoms with van der Waals surface area (Å²) in [5, 5.41) is 6.33. The monoisotopic (exact) mass is 389 g/mol. The lowest BCUT2D eigenvalue weighted by atomic mass is 10.1. The van der Waals surface area contributed by atoms with Gasteiger partial charge in [-0.2, -0.15) is 0 Å². The highest BCUT2D eigenvalue weighted by Gasteiger charge is 2.18. The highest BCUT2D eigenvalue weighted by atomic mass is 35.5. The van der Waals surface area contributed by atoms with Crippen molar-refractivity contribution in [1.29, 1.82) is 0 Å². The average molecular weight is 390 g/mol. The molecule has 2 aromatic rings. The Morgan fingerprint density at radius 2 is 2.04 bits per heavy atom. The van der Waals surface area contributed by atoms with Gasteiger partial charge in [0.2, 0.25) is 5.91 Å². The fourth-order valence-corrected chi connectivity index (χ4v) is 2.90. The predicted octanol–water partition coefficient (Wildman–Crippen LogP) is 0.556. The van der Waals surface area contributed by atoms with E-state index in [4.69, 9.17) is 0 Å². The first-order valence-electron chi connectivity index (χ1n) is 7.56. The minimum atomic E-state index is -0.431. The normalized spacial score (nSPS) is 16.2.